The summed E-state index contributed by atoms with van der Waals surface area (Å²) >= 11 is 0. The average molecular weight is 346 g/mol. The van der Waals surface area contributed by atoms with Gasteiger partial charge in [-0.25, -0.2) is 4.39 Å². The Balaban J connectivity index is 1.80. The minimum absolute atomic E-state index is 0.351. The molecule has 1 aromatic heterocycles. The van der Waals surface area contributed by atoms with E-state index in [2.05, 4.69) is 10.3 Å². The topological polar surface area (TPSA) is 71.5 Å². The lowest BCUT2D eigenvalue weighted by Crippen LogP contribution is -2.42. The van der Waals surface area contributed by atoms with Crippen molar-refractivity contribution >= 4 is 16.9 Å². The van der Waals surface area contributed by atoms with Crippen LogP contribution in [0, 0.1) is 11.2 Å². The summed E-state index contributed by atoms with van der Waals surface area (Å²) < 4.78 is 19.6. The summed E-state index contributed by atoms with van der Waals surface area (Å²) in [6.45, 7) is 1.44. The summed E-state index contributed by atoms with van der Waals surface area (Å²) in [5, 5.41) is 13.6. The molecule has 0 saturated carbocycles. The van der Waals surface area contributed by atoms with E-state index in [9.17, 15) is 14.3 Å². The largest absolute Gasteiger partial charge is 0.497 e. The van der Waals surface area contributed by atoms with Gasteiger partial charge in [-0.2, -0.15) is 0 Å². The third-order valence-electron chi connectivity index (χ3n) is 5.23. The Bertz CT molecular complexity index is 773. The van der Waals surface area contributed by atoms with Crippen molar-refractivity contribution in [3.05, 3.63) is 35.8 Å². The quantitative estimate of drug-likeness (QED) is 0.841. The van der Waals surface area contributed by atoms with Crippen molar-refractivity contribution in [3.8, 4) is 5.75 Å². The first-order valence-electron chi connectivity index (χ1n) is 8.61. The van der Waals surface area contributed by atoms with Crippen molar-refractivity contribution in [2.24, 2.45) is 5.41 Å². The maximum absolute atomic E-state index is 14.3. The fraction of sp³-hybridized carbons (Fsp3) is 0.474. The van der Waals surface area contributed by atoms with Crippen molar-refractivity contribution in [1.29, 1.82) is 0 Å². The zero-order valence-corrected chi connectivity index (χ0v) is 14.3. The lowest BCUT2D eigenvalue weighted by Gasteiger charge is -2.33. The van der Waals surface area contributed by atoms with E-state index < -0.39 is 11.4 Å². The minimum Gasteiger partial charge on any atom is -0.497 e. The monoisotopic (exact) mass is 346 g/mol. The van der Waals surface area contributed by atoms with E-state index in [4.69, 9.17) is 4.74 Å². The van der Waals surface area contributed by atoms with Crippen molar-refractivity contribution in [2.45, 2.75) is 32.1 Å². The van der Waals surface area contributed by atoms with Gasteiger partial charge in [0.1, 0.15) is 11.6 Å². The van der Waals surface area contributed by atoms with Crippen LogP contribution < -0.4 is 10.1 Å². The number of carboxylic acid groups (broad SMARTS) is 1. The summed E-state index contributed by atoms with van der Waals surface area (Å²) in [6.07, 6.45) is 4.14. The van der Waals surface area contributed by atoms with Crippen molar-refractivity contribution in [1.82, 2.24) is 10.3 Å². The van der Waals surface area contributed by atoms with Gasteiger partial charge in [-0.15, -0.1) is 0 Å². The number of aryl methyl sites for hydroxylation is 1. The van der Waals surface area contributed by atoms with Gasteiger partial charge in [0.2, 0.25) is 0 Å². The van der Waals surface area contributed by atoms with Crippen LogP contribution in [-0.4, -0.2) is 36.3 Å². The number of nitrogens with one attached hydrogen (secondary N) is 1. The Morgan fingerprint density at radius 2 is 2.16 bits per heavy atom. The molecule has 25 heavy (non-hydrogen) atoms. The molecule has 3 rings (SSSR count). The first-order valence-corrected chi connectivity index (χ1v) is 8.61. The number of aliphatic carboxylic acids is 1. The zero-order chi connectivity index (χ0) is 17.9. The molecule has 1 aliphatic heterocycles. The van der Waals surface area contributed by atoms with E-state index in [-0.39, 0.29) is 5.82 Å². The van der Waals surface area contributed by atoms with Gasteiger partial charge in [0, 0.05) is 5.39 Å². The second kappa shape index (κ2) is 7.35. The van der Waals surface area contributed by atoms with E-state index in [0.717, 1.165) is 18.5 Å². The van der Waals surface area contributed by atoms with Crippen LogP contribution in [0.2, 0.25) is 0 Å². The Morgan fingerprint density at radius 3 is 2.84 bits per heavy atom. The smallest absolute Gasteiger partial charge is 0.309 e. The number of hydrogen-bond donors (Lipinski definition) is 2. The number of piperidine rings is 1. The molecule has 5 nitrogen and oxygen atoms in total. The molecule has 1 saturated heterocycles. The third-order valence-corrected chi connectivity index (χ3v) is 5.23. The number of aromatic nitrogens is 1. The van der Waals surface area contributed by atoms with Gasteiger partial charge in [0.25, 0.3) is 0 Å². The van der Waals surface area contributed by atoms with E-state index in [0.29, 0.717) is 48.9 Å². The highest BCUT2D eigenvalue weighted by atomic mass is 19.1. The van der Waals surface area contributed by atoms with Crippen molar-refractivity contribution in [3.63, 3.8) is 0 Å². The summed E-state index contributed by atoms with van der Waals surface area (Å²) in [7, 11) is 1.57. The molecule has 0 amide bonds. The zero-order valence-electron chi connectivity index (χ0n) is 14.3. The van der Waals surface area contributed by atoms with Crippen LogP contribution in [0.5, 0.6) is 5.75 Å². The molecular weight excluding hydrogens is 323 g/mol. The Hall–Kier alpha value is -2.21. The van der Waals surface area contributed by atoms with Crippen molar-refractivity contribution in [2.75, 3.05) is 20.2 Å². The number of carboxylic acids is 1. The summed E-state index contributed by atoms with van der Waals surface area (Å²) in [4.78, 5) is 15.9. The lowest BCUT2D eigenvalue weighted by atomic mass is 9.75. The number of carbonyl (C=O) groups is 1. The summed E-state index contributed by atoms with van der Waals surface area (Å²) in [6, 6.07) is 5.40. The maximum atomic E-state index is 14.3. The fourth-order valence-electron chi connectivity index (χ4n) is 3.66. The second-order valence-electron chi connectivity index (χ2n) is 6.66. The highest BCUT2D eigenvalue weighted by molar-refractivity contribution is 5.83. The number of pyridine rings is 1. The first kappa shape index (κ1) is 17.6. The minimum atomic E-state index is -0.740. The number of fused-ring (bicyclic) bond motifs is 1. The van der Waals surface area contributed by atoms with Crippen LogP contribution >= 0.6 is 0 Å². The predicted molar refractivity (Wildman–Crippen MR) is 93.4 cm³/mol. The van der Waals surface area contributed by atoms with Crippen LogP contribution in [0.4, 0.5) is 4.39 Å². The fourth-order valence-corrected chi connectivity index (χ4v) is 3.66. The van der Waals surface area contributed by atoms with Gasteiger partial charge in [-0.05, 0) is 69.0 Å². The summed E-state index contributed by atoms with van der Waals surface area (Å²) in [5.74, 6) is -0.437. The summed E-state index contributed by atoms with van der Waals surface area (Å²) in [5.41, 5.74) is 0.604. The molecule has 2 aromatic rings. The lowest BCUT2D eigenvalue weighted by molar-refractivity contribution is -0.151. The average Bonchev–Trinajstić information content (AvgIpc) is 2.63. The number of methoxy groups -OCH3 is 1. The van der Waals surface area contributed by atoms with Gasteiger partial charge < -0.3 is 15.2 Å². The molecule has 1 aliphatic rings. The predicted octanol–water partition coefficient (Wildman–Crippen LogP) is 3.16. The van der Waals surface area contributed by atoms with Gasteiger partial charge in [-0.3, -0.25) is 9.78 Å². The molecule has 0 radical (unpaired) electrons. The number of benzene rings is 1. The van der Waals surface area contributed by atoms with Gasteiger partial charge >= 0.3 is 5.97 Å². The molecule has 0 atom stereocenters. The van der Waals surface area contributed by atoms with Gasteiger partial charge in [-0.1, -0.05) is 0 Å². The van der Waals surface area contributed by atoms with Gasteiger partial charge in [0.05, 0.1) is 24.2 Å². The molecule has 6 heteroatoms. The number of halogens is 1. The Kier molecular flexibility index (Phi) is 5.18. The molecule has 0 spiro atoms. The molecular formula is C19H23FN2O3. The van der Waals surface area contributed by atoms with Crippen LogP contribution in [0.25, 0.3) is 10.9 Å². The maximum Gasteiger partial charge on any atom is 0.309 e. The highest BCUT2D eigenvalue weighted by Gasteiger charge is 2.38. The van der Waals surface area contributed by atoms with Crippen LogP contribution in [0.1, 0.15) is 31.2 Å². The molecule has 134 valence electrons. The van der Waals surface area contributed by atoms with E-state index >= 15 is 0 Å². The molecule has 0 aliphatic carbocycles. The number of rotatable bonds is 6. The van der Waals surface area contributed by atoms with Crippen LogP contribution in [0.3, 0.4) is 0 Å². The molecule has 1 aromatic carbocycles. The molecule has 2 N–H and O–H groups in total. The van der Waals surface area contributed by atoms with E-state index in [1.165, 1.54) is 6.20 Å². The first-order chi connectivity index (χ1) is 12.1. The van der Waals surface area contributed by atoms with Crippen LogP contribution in [0.15, 0.2) is 24.4 Å². The number of ether oxygens (including phenoxy) is 1. The van der Waals surface area contributed by atoms with Crippen LogP contribution in [-0.2, 0) is 11.2 Å². The van der Waals surface area contributed by atoms with E-state index in [1.807, 2.05) is 6.07 Å². The second-order valence-corrected chi connectivity index (χ2v) is 6.66. The Morgan fingerprint density at radius 1 is 1.40 bits per heavy atom. The van der Waals surface area contributed by atoms with E-state index in [1.54, 1.807) is 19.2 Å². The molecule has 0 bridgehead atoms. The normalized spacial score (nSPS) is 16.7. The Labute approximate surface area is 146 Å². The molecule has 1 fully saturated rings. The van der Waals surface area contributed by atoms with Crippen molar-refractivity contribution < 1.29 is 19.0 Å². The highest BCUT2D eigenvalue weighted by Crippen LogP contribution is 2.35. The molecule has 0 unspecified atom stereocenters. The number of hydrogen-bond acceptors (Lipinski definition) is 4. The standard InChI is InChI=1S/C19H23FN2O3/c1-25-13-4-5-17-15(11-13)14(16(20)12-22-17)3-2-6-19(18(23)24)7-9-21-10-8-19/h4-5,11-12,21H,2-3,6-10H2,1H3,(H,23,24). The third kappa shape index (κ3) is 3.58. The van der Waals surface area contributed by atoms with Gasteiger partial charge in [0.15, 0.2) is 0 Å². The number of nitrogens with zero attached hydrogens (tertiary/aromatic N) is 1. The molecule has 2 heterocycles. The SMILES string of the molecule is COc1ccc2ncc(F)c(CCCC3(C(=O)O)CCNCC3)c2c1.